The molecule has 1 aromatic heterocycles. The Morgan fingerprint density at radius 2 is 2.14 bits per heavy atom. The highest BCUT2D eigenvalue weighted by atomic mass is 35.5. The Labute approximate surface area is 126 Å². The molecule has 4 nitrogen and oxygen atoms in total. The van der Waals surface area contributed by atoms with Crippen LogP contribution in [0, 0.1) is 5.82 Å². The Morgan fingerprint density at radius 1 is 1.33 bits per heavy atom. The van der Waals surface area contributed by atoms with Crippen LogP contribution in [-0.2, 0) is 0 Å². The van der Waals surface area contributed by atoms with Gasteiger partial charge >= 0.3 is 0 Å². The third-order valence-corrected chi connectivity index (χ3v) is 3.68. The first-order chi connectivity index (χ1) is 10.1. The maximum Gasteiger partial charge on any atom is 0.253 e. The molecule has 6 heteroatoms. The van der Waals surface area contributed by atoms with E-state index in [-0.39, 0.29) is 22.5 Å². The summed E-state index contributed by atoms with van der Waals surface area (Å²) in [7, 11) is 0. The molecule has 1 amide bonds. The Bertz CT molecular complexity index is 659. The van der Waals surface area contributed by atoms with Crippen molar-refractivity contribution in [3.8, 4) is 0 Å². The van der Waals surface area contributed by atoms with Crippen molar-refractivity contribution in [3.05, 3.63) is 59.0 Å². The molecule has 3 rings (SSSR count). The van der Waals surface area contributed by atoms with Gasteiger partial charge in [-0.15, -0.1) is 0 Å². The number of carbonyl (C=O) groups excluding carboxylic acids is 1. The molecule has 0 bridgehead atoms. The number of amides is 1. The van der Waals surface area contributed by atoms with Gasteiger partial charge in [-0.3, -0.25) is 4.79 Å². The molecular weight excluding hydrogens is 293 g/mol. The normalized spacial score (nSPS) is 14.7. The van der Waals surface area contributed by atoms with Gasteiger partial charge < -0.3 is 10.2 Å². The van der Waals surface area contributed by atoms with Crippen molar-refractivity contribution >= 4 is 23.3 Å². The lowest BCUT2D eigenvalue weighted by atomic mass is 10.1. The number of carbonyl (C=O) groups is 1. The van der Waals surface area contributed by atoms with E-state index in [0.717, 1.165) is 11.9 Å². The molecule has 0 aliphatic carbocycles. The van der Waals surface area contributed by atoms with Crippen LogP contribution in [-0.4, -0.2) is 30.0 Å². The molecule has 1 saturated heterocycles. The number of hydrogen-bond acceptors (Lipinski definition) is 3. The lowest BCUT2D eigenvalue weighted by Gasteiger charge is -2.40. The fourth-order valence-corrected chi connectivity index (χ4v) is 2.49. The Balaban J connectivity index is 1.58. The van der Waals surface area contributed by atoms with Crippen LogP contribution in [0.5, 0.6) is 0 Å². The number of rotatable bonds is 3. The minimum Gasteiger partial charge on any atom is -0.352 e. The third-order valence-electron chi connectivity index (χ3n) is 3.37. The van der Waals surface area contributed by atoms with E-state index in [1.54, 1.807) is 6.20 Å². The molecule has 1 aliphatic heterocycles. The van der Waals surface area contributed by atoms with Crippen LogP contribution >= 0.6 is 11.6 Å². The monoisotopic (exact) mass is 305 g/mol. The van der Waals surface area contributed by atoms with Crippen LogP contribution in [0.3, 0.4) is 0 Å². The van der Waals surface area contributed by atoms with E-state index >= 15 is 0 Å². The molecule has 1 fully saturated rings. The van der Waals surface area contributed by atoms with Gasteiger partial charge in [-0.05, 0) is 30.3 Å². The molecule has 21 heavy (non-hydrogen) atoms. The van der Waals surface area contributed by atoms with Gasteiger partial charge in [0.2, 0.25) is 0 Å². The number of nitrogens with one attached hydrogen (secondary N) is 1. The van der Waals surface area contributed by atoms with Crippen molar-refractivity contribution in [3.63, 3.8) is 0 Å². The lowest BCUT2D eigenvalue weighted by molar-refractivity contribution is 0.0930. The topological polar surface area (TPSA) is 45.2 Å². The summed E-state index contributed by atoms with van der Waals surface area (Å²) in [6.45, 7) is 1.39. The number of aromatic nitrogens is 1. The molecular formula is C15H13ClFN3O. The molecule has 0 radical (unpaired) electrons. The van der Waals surface area contributed by atoms with Crippen LogP contribution in [0.15, 0.2) is 42.6 Å². The van der Waals surface area contributed by atoms with Crippen LogP contribution < -0.4 is 10.2 Å². The molecule has 2 heterocycles. The van der Waals surface area contributed by atoms with Gasteiger partial charge in [0.05, 0.1) is 16.6 Å². The first kappa shape index (κ1) is 13.8. The maximum atomic E-state index is 13.0. The summed E-state index contributed by atoms with van der Waals surface area (Å²) in [5.41, 5.74) is 0.286. The summed E-state index contributed by atoms with van der Waals surface area (Å²) in [5.74, 6) is 0.148. The minimum atomic E-state index is -0.457. The second-order valence-electron chi connectivity index (χ2n) is 4.89. The molecule has 0 atom stereocenters. The van der Waals surface area contributed by atoms with Crippen molar-refractivity contribution < 1.29 is 9.18 Å². The highest BCUT2D eigenvalue weighted by Gasteiger charge is 2.29. The zero-order valence-electron chi connectivity index (χ0n) is 11.1. The second kappa shape index (κ2) is 5.69. The van der Waals surface area contributed by atoms with Crippen molar-refractivity contribution in [2.75, 3.05) is 18.0 Å². The zero-order valence-corrected chi connectivity index (χ0v) is 11.8. The fourth-order valence-electron chi connectivity index (χ4n) is 2.23. The standard InChI is InChI=1S/C15H13ClFN3O/c16-13-7-10(17)4-5-12(13)15(21)19-11-8-20(9-11)14-3-1-2-6-18-14/h1-7,11H,8-9H2,(H,19,21). The Hall–Kier alpha value is -2.14. The van der Waals surface area contributed by atoms with Crippen molar-refractivity contribution in [1.29, 1.82) is 0 Å². The van der Waals surface area contributed by atoms with Crippen LogP contribution in [0.25, 0.3) is 0 Å². The van der Waals surface area contributed by atoms with Gasteiger partial charge in [-0.25, -0.2) is 9.37 Å². The predicted octanol–water partition coefficient (Wildman–Crippen LogP) is 2.49. The highest BCUT2D eigenvalue weighted by Crippen LogP contribution is 2.20. The SMILES string of the molecule is O=C(NC1CN(c2ccccn2)C1)c1ccc(F)cc1Cl. The van der Waals surface area contributed by atoms with Gasteiger partial charge in [0.15, 0.2) is 0 Å². The molecule has 1 N–H and O–H groups in total. The number of nitrogens with zero attached hydrogens (tertiary/aromatic N) is 2. The van der Waals surface area contributed by atoms with E-state index in [1.165, 1.54) is 12.1 Å². The van der Waals surface area contributed by atoms with Gasteiger partial charge in [-0.1, -0.05) is 17.7 Å². The summed E-state index contributed by atoms with van der Waals surface area (Å²) in [5, 5.41) is 3.00. The molecule has 0 saturated carbocycles. The van der Waals surface area contributed by atoms with Crippen molar-refractivity contribution in [2.45, 2.75) is 6.04 Å². The number of hydrogen-bond donors (Lipinski definition) is 1. The average molecular weight is 306 g/mol. The smallest absolute Gasteiger partial charge is 0.253 e. The van der Waals surface area contributed by atoms with E-state index in [2.05, 4.69) is 15.2 Å². The number of pyridine rings is 1. The second-order valence-corrected chi connectivity index (χ2v) is 5.29. The number of anilines is 1. The van der Waals surface area contributed by atoms with E-state index < -0.39 is 5.82 Å². The Kier molecular flexibility index (Phi) is 3.75. The summed E-state index contributed by atoms with van der Waals surface area (Å²) in [4.78, 5) is 18.4. The van der Waals surface area contributed by atoms with Gasteiger partial charge in [-0.2, -0.15) is 0 Å². The van der Waals surface area contributed by atoms with E-state index in [9.17, 15) is 9.18 Å². The van der Waals surface area contributed by atoms with Crippen LogP contribution in [0.1, 0.15) is 10.4 Å². The fraction of sp³-hybridized carbons (Fsp3) is 0.200. The van der Waals surface area contributed by atoms with Gasteiger partial charge in [0.25, 0.3) is 5.91 Å². The summed E-state index contributed by atoms with van der Waals surface area (Å²) in [6, 6.07) is 9.50. The molecule has 108 valence electrons. The highest BCUT2D eigenvalue weighted by molar-refractivity contribution is 6.33. The summed E-state index contributed by atoms with van der Waals surface area (Å²) in [6.07, 6.45) is 1.74. The average Bonchev–Trinajstić information content (AvgIpc) is 2.43. The number of benzene rings is 1. The van der Waals surface area contributed by atoms with Gasteiger partial charge in [0.1, 0.15) is 11.6 Å². The first-order valence-electron chi connectivity index (χ1n) is 6.55. The van der Waals surface area contributed by atoms with Crippen molar-refractivity contribution in [1.82, 2.24) is 10.3 Å². The summed E-state index contributed by atoms with van der Waals surface area (Å²) >= 11 is 5.87. The van der Waals surface area contributed by atoms with Crippen LogP contribution in [0.4, 0.5) is 10.2 Å². The van der Waals surface area contributed by atoms with E-state index in [0.29, 0.717) is 13.1 Å². The van der Waals surface area contributed by atoms with Crippen molar-refractivity contribution in [2.24, 2.45) is 0 Å². The summed E-state index contributed by atoms with van der Waals surface area (Å²) < 4.78 is 13.0. The predicted molar refractivity (Wildman–Crippen MR) is 79.1 cm³/mol. The molecule has 2 aromatic rings. The third kappa shape index (κ3) is 2.97. The van der Waals surface area contributed by atoms with Gasteiger partial charge in [0, 0.05) is 19.3 Å². The zero-order chi connectivity index (χ0) is 14.8. The first-order valence-corrected chi connectivity index (χ1v) is 6.93. The van der Waals surface area contributed by atoms with E-state index in [1.807, 2.05) is 18.2 Å². The molecule has 1 aliphatic rings. The Morgan fingerprint density at radius 3 is 2.81 bits per heavy atom. The maximum absolute atomic E-state index is 13.0. The quantitative estimate of drug-likeness (QED) is 0.947. The largest absolute Gasteiger partial charge is 0.352 e. The molecule has 1 aromatic carbocycles. The van der Waals surface area contributed by atoms with Crippen LogP contribution in [0.2, 0.25) is 5.02 Å². The minimum absolute atomic E-state index is 0.0422. The molecule has 0 spiro atoms. The van der Waals surface area contributed by atoms with E-state index in [4.69, 9.17) is 11.6 Å². The molecule has 0 unspecified atom stereocenters. The number of halogens is 2. The lowest BCUT2D eigenvalue weighted by Crippen LogP contribution is -2.59.